The van der Waals surface area contributed by atoms with Gasteiger partial charge in [-0.15, -0.1) is 0 Å². The lowest BCUT2D eigenvalue weighted by Gasteiger charge is -2.12. The van der Waals surface area contributed by atoms with E-state index in [-0.39, 0.29) is 5.92 Å². The van der Waals surface area contributed by atoms with Gasteiger partial charge in [0, 0.05) is 5.56 Å². The molecule has 1 unspecified atom stereocenters. The van der Waals surface area contributed by atoms with Gasteiger partial charge in [0.25, 0.3) is 0 Å². The second-order valence-corrected chi connectivity index (χ2v) is 4.79. The van der Waals surface area contributed by atoms with Crippen LogP contribution < -0.4 is 4.74 Å². The highest BCUT2D eigenvalue weighted by atomic mass is 16.5. The summed E-state index contributed by atoms with van der Waals surface area (Å²) in [5, 5.41) is 9.32. The molecule has 0 aliphatic carbocycles. The van der Waals surface area contributed by atoms with Crippen molar-refractivity contribution in [3.8, 4) is 22.9 Å². The molecule has 3 rings (SSSR count). The van der Waals surface area contributed by atoms with Crippen LogP contribution in [0.4, 0.5) is 0 Å². The number of fused-ring (bicyclic) bond motifs is 1. The van der Waals surface area contributed by atoms with Crippen LogP contribution in [0.15, 0.2) is 48.5 Å². The smallest absolute Gasteiger partial charge is 0.123 e. The Kier molecular flexibility index (Phi) is 3.20. The fourth-order valence-electron chi connectivity index (χ4n) is 2.52. The van der Waals surface area contributed by atoms with Crippen LogP contribution in [0.1, 0.15) is 24.3 Å². The van der Waals surface area contributed by atoms with E-state index in [0.717, 1.165) is 29.7 Å². The minimum atomic E-state index is -0.0545. The second kappa shape index (κ2) is 5.16. The number of nitrogens with zero attached hydrogens (tertiary/aromatic N) is 1. The van der Waals surface area contributed by atoms with Crippen molar-refractivity contribution in [2.75, 3.05) is 6.61 Å². The number of hydrogen-bond donors (Lipinski definition) is 0. The van der Waals surface area contributed by atoms with Crippen LogP contribution in [-0.4, -0.2) is 6.61 Å². The molecule has 0 radical (unpaired) electrons. The molecule has 0 aromatic heterocycles. The Morgan fingerprint density at radius 2 is 1.89 bits per heavy atom. The van der Waals surface area contributed by atoms with Crippen LogP contribution in [0.3, 0.4) is 0 Å². The summed E-state index contributed by atoms with van der Waals surface area (Å²) in [5.41, 5.74) is 3.35. The average molecular weight is 249 g/mol. The zero-order valence-corrected chi connectivity index (χ0v) is 10.7. The predicted molar refractivity (Wildman–Crippen MR) is 75.0 cm³/mol. The van der Waals surface area contributed by atoms with E-state index in [9.17, 15) is 5.26 Å². The number of benzene rings is 2. The molecule has 0 spiro atoms. The molecule has 2 aromatic rings. The molecule has 0 saturated carbocycles. The summed E-state index contributed by atoms with van der Waals surface area (Å²) in [5.74, 6) is 0.810. The molecule has 1 aliphatic heterocycles. The van der Waals surface area contributed by atoms with Crippen LogP contribution in [0.2, 0.25) is 0 Å². The van der Waals surface area contributed by atoms with Gasteiger partial charge in [0.05, 0.1) is 18.6 Å². The van der Waals surface area contributed by atoms with Gasteiger partial charge < -0.3 is 4.74 Å². The van der Waals surface area contributed by atoms with Crippen molar-refractivity contribution in [2.24, 2.45) is 0 Å². The van der Waals surface area contributed by atoms with Gasteiger partial charge in [-0.25, -0.2) is 0 Å². The highest BCUT2D eigenvalue weighted by Gasteiger charge is 2.19. The van der Waals surface area contributed by atoms with E-state index in [1.165, 1.54) is 5.56 Å². The zero-order chi connectivity index (χ0) is 13.1. The quantitative estimate of drug-likeness (QED) is 0.761. The first-order valence-electron chi connectivity index (χ1n) is 6.60. The predicted octanol–water partition coefficient (Wildman–Crippen LogP) is 4.13. The van der Waals surface area contributed by atoms with E-state index >= 15 is 0 Å². The van der Waals surface area contributed by atoms with E-state index in [1.54, 1.807) is 0 Å². The van der Waals surface area contributed by atoms with Crippen LogP contribution in [0, 0.1) is 11.3 Å². The number of nitriles is 1. The van der Waals surface area contributed by atoms with Crippen LogP contribution >= 0.6 is 0 Å². The van der Waals surface area contributed by atoms with Crippen molar-refractivity contribution >= 4 is 0 Å². The summed E-state index contributed by atoms with van der Waals surface area (Å²) < 4.78 is 5.72. The van der Waals surface area contributed by atoms with Crippen LogP contribution in [0.5, 0.6) is 5.75 Å². The summed E-state index contributed by atoms with van der Waals surface area (Å²) in [6, 6.07) is 18.8. The third-order valence-corrected chi connectivity index (χ3v) is 3.54. The molecule has 1 atom stereocenters. The second-order valence-electron chi connectivity index (χ2n) is 4.79. The Morgan fingerprint density at radius 1 is 1.05 bits per heavy atom. The van der Waals surface area contributed by atoms with Gasteiger partial charge >= 0.3 is 0 Å². The van der Waals surface area contributed by atoms with Crippen molar-refractivity contribution in [3.05, 3.63) is 54.1 Å². The topological polar surface area (TPSA) is 33.0 Å². The van der Waals surface area contributed by atoms with Gasteiger partial charge in [-0.05, 0) is 36.1 Å². The van der Waals surface area contributed by atoms with Gasteiger partial charge in [-0.1, -0.05) is 36.4 Å². The maximum Gasteiger partial charge on any atom is 0.123 e. The molecule has 2 nitrogen and oxygen atoms in total. The van der Waals surface area contributed by atoms with Crippen molar-refractivity contribution in [3.63, 3.8) is 0 Å². The van der Waals surface area contributed by atoms with Gasteiger partial charge in [-0.2, -0.15) is 5.26 Å². The van der Waals surface area contributed by atoms with E-state index in [1.807, 2.05) is 24.3 Å². The van der Waals surface area contributed by atoms with Gasteiger partial charge in [-0.3, -0.25) is 0 Å². The Bertz CT molecular complexity index is 613. The Morgan fingerprint density at radius 3 is 2.68 bits per heavy atom. The molecule has 0 N–H and O–H groups in total. The van der Waals surface area contributed by atoms with Gasteiger partial charge in [0.15, 0.2) is 0 Å². The molecule has 1 aliphatic rings. The summed E-state index contributed by atoms with van der Waals surface area (Å²) in [6.07, 6.45) is 1.81. The highest BCUT2D eigenvalue weighted by molar-refractivity contribution is 5.66. The van der Waals surface area contributed by atoms with Gasteiger partial charge in [0.2, 0.25) is 0 Å². The molecule has 0 bridgehead atoms. The zero-order valence-electron chi connectivity index (χ0n) is 10.7. The summed E-state index contributed by atoms with van der Waals surface area (Å²) in [7, 11) is 0. The molecule has 1 heterocycles. The van der Waals surface area contributed by atoms with Gasteiger partial charge in [0.1, 0.15) is 5.75 Å². The van der Waals surface area contributed by atoms with Crippen LogP contribution in [-0.2, 0) is 0 Å². The fourth-order valence-corrected chi connectivity index (χ4v) is 2.52. The first-order chi connectivity index (χ1) is 9.38. The maximum absolute atomic E-state index is 9.32. The van der Waals surface area contributed by atoms with E-state index in [4.69, 9.17) is 4.74 Å². The van der Waals surface area contributed by atoms with E-state index < -0.39 is 0 Å². The van der Waals surface area contributed by atoms with Crippen LogP contribution in [0.25, 0.3) is 11.1 Å². The maximum atomic E-state index is 9.32. The third kappa shape index (κ3) is 2.32. The summed E-state index contributed by atoms with van der Waals surface area (Å²) in [6.45, 7) is 0.704. The van der Waals surface area contributed by atoms with E-state index in [0.29, 0.717) is 6.61 Å². The molecule has 94 valence electrons. The summed E-state index contributed by atoms with van der Waals surface area (Å²) in [4.78, 5) is 0. The molecular weight excluding hydrogens is 234 g/mol. The standard InChI is InChI=1S/C17H15NO/c18-12-15-7-4-10-19-17-9-8-14(11-16(15)17)13-5-2-1-3-6-13/h1-3,5-6,8-9,11,15H,4,7,10H2. The fraction of sp³-hybridized carbons (Fsp3) is 0.235. The molecule has 0 amide bonds. The van der Waals surface area contributed by atoms with Crippen molar-refractivity contribution < 1.29 is 4.74 Å². The minimum absolute atomic E-state index is 0.0545. The lowest BCUT2D eigenvalue weighted by Crippen LogP contribution is -1.96. The lowest BCUT2D eigenvalue weighted by molar-refractivity contribution is 0.316. The Labute approximate surface area is 113 Å². The summed E-state index contributed by atoms with van der Waals surface area (Å²) >= 11 is 0. The Balaban J connectivity index is 2.07. The molecule has 0 fully saturated rings. The normalized spacial score (nSPS) is 17.7. The molecule has 19 heavy (non-hydrogen) atoms. The minimum Gasteiger partial charge on any atom is -0.493 e. The SMILES string of the molecule is N#CC1CCCOc2ccc(-c3ccccc3)cc21. The number of rotatable bonds is 1. The van der Waals surface area contributed by atoms with Crippen molar-refractivity contribution in [1.82, 2.24) is 0 Å². The first-order valence-corrected chi connectivity index (χ1v) is 6.60. The van der Waals surface area contributed by atoms with E-state index in [2.05, 4.69) is 30.3 Å². The monoisotopic (exact) mass is 249 g/mol. The molecule has 2 heteroatoms. The molecular formula is C17H15NO. The van der Waals surface area contributed by atoms with Crippen molar-refractivity contribution in [2.45, 2.75) is 18.8 Å². The first kappa shape index (κ1) is 11.8. The molecule has 2 aromatic carbocycles. The number of hydrogen-bond acceptors (Lipinski definition) is 2. The Hall–Kier alpha value is -2.27. The largest absolute Gasteiger partial charge is 0.493 e. The lowest BCUT2D eigenvalue weighted by atomic mass is 9.92. The third-order valence-electron chi connectivity index (χ3n) is 3.54. The highest BCUT2D eigenvalue weighted by Crippen LogP contribution is 2.35. The van der Waals surface area contributed by atoms with Crippen molar-refractivity contribution in [1.29, 1.82) is 5.26 Å². The average Bonchev–Trinajstić information content (AvgIpc) is 2.69. The number of ether oxygens (including phenoxy) is 1. The molecule has 0 saturated heterocycles.